The highest BCUT2D eigenvalue weighted by molar-refractivity contribution is 5.85. The Morgan fingerprint density at radius 2 is 1.84 bits per heavy atom. The number of nitrogens with zero attached hydrogens (tertiary/aromatic N) is 1. The number of hydrogen-bond donors (Lipinski definition) is 2. The van der Waals surface area contributed by atoms with Crippen LogP contribution in [0.25, 0.3) is 0 Å². The predicted molar refractivity (Wildman–Crippen MR) is 88.1 cm³/mol. The zero-order valence-corrected chi connectivity index (χ0v) is 15.1. The molecule has 0 aromatic carbocycles. The lowest BCUT2D eigenvalue weighted by Gasteiger charge is -2.19. The van der Waals surface area contributed by atoms with Gasteiger partial charge in [0.15, 0.2) is 11.8 Å². The van der Waals surface area contributed by atoms with E-state index in [0.29, 0.717) is 11.1 Å². The summed E-state index contributed by atoms with van der Waals surface area (Å²) in [5.74, 6) is -1.41. The third kappa shape index (κ3) is 7.29. The minimum Gasteiger partial charge on any atom is -0.477 e. The van der Waals surface area contributed by atoms with E-state index in [1.807, 2.05) is 7.05 Å². The van der Waals surface area contributed by atoms with Crippen molar-refractivity contribution in [1.29, 1.82) is 0 Å². The third-order valence-corrected chi connectivity index (χ3v) is 3.63. The smallest absolute Gasteiger partial charge is 0.425 e. The van der Waals surface area contributed by atoms with Crippen molar-refractivity contribution in [2.45, 2.75) is 64.3 Å². The molecule has 0 saturated heterocycles. The first kappa shape index (κ1) is 21.2. The molecular weight excluding hydrogens is 337 g/mol. The summed E-state index contributed by atoms with van der Waals surface area (Å²) in [7, 11) is 1.96. The van der Waals surface area contributed by atoms with Crippen molar-refractivity contribution in [3.05, 3.63) is 23.4 Å². The third-order valence-electron chi connectivity index (χ3n) is 3.63. The lowest BCUT2D eigenvalue weighted by Crippen LogP contribution is -2.32. The molecule has 1 aromatic rings. The second kappa shape index (κ2) is 8.03. The highest BCUT2D eigenvalue weighted by atomic mass is 19.4. The second-order valence-corrected chi connectivity index (χ2v) is 6.97. The van der Waals surface area contributed by atoms with Gasteiger partial charge in [-0.1, -0.05) is 6.07 Å². The van der Waals surface area contributed by atoms with Gasteiger partial charge in [0.2, 0.25) is 5.88 Å². The average Bonchev–Trinajstić information content (AvgIpc) is 3.30. The largest absolute Gasteiger partial charge is 0.477 e. The van der Waals surface area contributed by atoms with Crippen molar-refractivity contribution < 1.29 is 27.8 Å². The Bertz CT molecular complexity index is 594. The van der Waals surface area contributed by atoms with Crippen LogP contribution in [-0.2, 0) is 0 Å². The SMILES string of the molecule is CC(Oc1nc(C(=O)O)ccc1C1CC1)C(F)(F)F.CNC(C)(C)C. The average molecular weight is 362 g/mol. The van der Waals surface area contributed by atoms with Gasteiger partial charge >= 0.3 is 12.1 Å². The van der Waals surface area contributed by atoms with Gasteiger partial charge < -0.3 is 15.2 Å². The predicted octanol–water partition coefficient (Wildman–Crippen LogP) is 3.99. The maximum absolute atomic E-state index is 12.5. The van der Waals surface area contributed by atoms with Crippen LogP contribution in [-0.4, -0.2) is 40.9 Å². The van der Waals surface area contributed by atoms with Crippen molar-refractivity contribution >= 4 is 5.97 Å². The summed E-state index contributed by atoms with van der Waals surface area (Å²) in [6, 6.07) is 2.76. The number of alkyl halides is 3. The Morgan fingerprint density at radius 1 is 1.32 bits per heavy atom. The number of nitrogens with one attached hydrogen (secondary N) is 1. The van der Waals surface area contributed by atoms with E-state index in [0.717, 1.165) is 19.8 Å². The van der Waals surface area contributed by atoms with Gasteiger partial charge in [0.05, 0.1) is 0 Å². The van der Waals surface area contributed by atoms with Crippen LogP contribution in [0.2, 0.25) is 0 Å². The molecule has 0 spiro atoms. The first-order valence-electron chi connectivity index (χ1n) is 8.01. The number of aromatic carboxylic acids is 1. The first-order valence-corrected chi connectivity index (χ1v) is 8.01. The van der Waals surface area contributed by atoms with Crippen LogP contribution in [0.15, 0.2) is 12.1 Å². The molecule has 0 amide bonds. The van der Waals surface area contributed by atoms with Crippen molar-refractivity contribution in [2.75, 3.05) is 7.05 Å². The maximum Gasteiger partial charge on any atom is 0.425 e. The number of ether oxygens (including phenoxy) is 1. The van der Waals surface area contributed by atoms with Crippen LogP contribution < -0.4 is 10.1 Å². The van der Waals surface area contributed by atoms with Crippen LogP contribution in [0.4, 0.5) is 13.2 Å². The fourth-order valence-corrected chi connectivity index (χ4v) is 1.60. The fourth-order valence-electron chi connectivity index (χ4n) is 1.60. The number of carbonyl (C=O) groups is 1. The lowest BCUT2D eigenvalue weighted by atomic mass is 10.1. The van der Waals surface area contributed by atoms with E-state index in [2.05, 4.69) is 31.1 Å². The Balaban J connectivity index is 0.000000450. The number of aromatic nitrogens is 1. The molecule has 8 heteroatoms. The van der Waals surface area contributed by atoms with E-state index in [1.165, 1.54) is 12.1 Å². The molecule has 1 fully saturated rings. The van der Waals surface area contributed by atoms with Gasteiger partial charge in [-0.15, -0.1) is 0 Å². The molecule has 1 saturated carbocycles. The van der Waals surface area contributed by atoms with Crippen LogP contribution in [0.3, 0.4) is 0 Å². The monoisotopic (exact) mass is 362 g/mol. The zero-order chi connectivity index (χ0) is 19.4. The van der Waals surface area contributed by atoms with Crippen LogP contribution >= 0.6 is 0 Å². The van der Waals surface area contributed by atoms with Crippen LogP contribution in [0.5, 0.6) is 5.88 Å². The molecule has 1 aliphatic rings. The summed E-state index contributed by atoms with van der Waals surface area (Å²) in [5, 5.41) is 11.9. The van der Waals surface area contributed by atoms with E-state index < -0.39 is 18.2 Å². The van der Waals surface area contributed by atoms with Crippen molar-refractivity contribution in [1.82, 2.24) is 10.3 Å². The summed E-state index contributed by atoms with van der Waals surface area (Å²) in [4.78, 5) is 14.5. The molecule has 5 nitrogen and oxygen atoms in total. The zero-order valence-electron chi connectivity index (χ0n) is 15.1. The molecule has 142 valence electrons. The minimum atomic E-state index is -4.51. The molecule has 1 atom stereocenters. The van der Waals surface area contributed by atoms with Crippen molar-refractivity contribution in [2.24, 2.45) is 0 Å². The highest BCUT2D eigenvalue weighted by Crippen LogP contribution is 2.44. The molecule has 2 rings (SSSR count). The van der Waals surface area contributed by atoms with Gasteiger partial charge in [-0.25, -0.2) is 9.78 Å². The summed E-state index contributed by atoms with van der Waals surface area (Å²) < 4.78 is 42.2. The molecular formula is C17H25F3N2O3. The first-order chi connectivity index (χ1) is 11.3. The number of carboxylic acids is 1. The second-order valence-electron chi connectivity index (χ2n) is 6.97. The van der Waals surface area contributed by atoms with Gasteiger partial charge in [0.1, 0.15) is 0 Å². The fraction of sp³-hybridized carbons (Fsp3) is 0.647. The molecule has 1 heterocycles. The van der Waals surface area contributed by atoms with E-state index in [1.54, 1.807) is 0 Å². The summed E-state index contributed by atoms with van der Waals surface area (Å²) >= 11 is 0. The topological polar surface area (TPSA) is 71.5 Å². The molecule has 1 aromatic heterocycles. The molecule has 1 aliphatic carbocycles. The van der Waals surface area contributed by atoms with E-state index in [9.17, 15) is 18.0 Å². The van der Waals surface area contributed by atoms with Gasteiger partial charge in [-0.05, 0) is 59.6 Å². The Morgan fingerprint density at radius 3 is 2.20 bits per heavy atom. The molecule has 25 heavy (non-hydrogen) atoms. The van der Waals surface area contributed by atoms with Crippen LogP contribution in [0, 0.1) is 0 Å². The van der Waals surface area contributed by atoms with Gasteiger partial charge in [-0.3, -0.25) is 0 Å². The van der Waals surface area contributed by atoms with E-state index >= 15 is 0 Å². The van der Waals surface area contributed by atoms with E-state index in [-0.39, 0.29) is 17.5 Å². The molecule has 0 aliphatic heterocycles. The maximum atomic E-state index is 12.5. The summed E-state index contributed by atoms with van der Waals surface area (Å²) in [5.41, 5.74) is 0.509. The summed E-state index contributed by atoms with van der Waals surface area (Å²) in [6.07, 6.45) is -4.83. The molecule has 1 unspecified atom stereocenters. The Kier molecular flexibility index (Phi) is 6.82. The van der Waals surface area contributed by atoms with Gasteiger partial charge in [-0.2, -0.15) is 13.2 Å². The molecule has 0 radical (unpaired) electrons. The molecule has 0 bridgehead atoms. The summed E-state index contributed by atoms with van der Waals surface area (Å²) in [6.45, 7) is 7.26. The quantitative estimate of drug-likeness (QED) is 0.847. The van der Waals surface area contributed by atoms with Gasteiger partial charge in [0, 0.05) is 11.1 Å². The Hall–Kier alpha value is -1.83. The van der Waals surface area contributed by atoms with E-state index in [4.69, 9.17) is 9.84 Å². The van der Waals surface area contributed by atoms with Crippen molar-refractivity contribution in [3.8, 4) is 5.88 Å². The number of halogens is 3. The number of carboxylic acid groups (broad SMARTS) is 1. The lowest BCUT2D eigenvalue weighted by molar-refractivity contribution is -0.190. The van der Waals surface area contributed by atoms with Crippen molar-refractivity contribution in [3.63, 3.8) is 0 Å². The number of hydrogen-bond acceptors (Lipinski definition) is 4. The number of pyridine rings is 1. The highest BCUT2D eigenvalue weighted by Gasteiger charge is 2.39. The Labute approximate surface area is 145 Å². The standard InChI is InChI=1S/C12H12F3NO3.C5H13N/c1-6(12(13,14)15)19-10-8(7-2-3-7)4-5-9(16-10)11(17)18;1-5(2,3)6-4/h4-7H,2-3H2,1H3,(H,17,18);6H,1-4H3. The number of rotatable bonds is 4. The van der Waals surface area contributed by atoms with Gasteiger partial charge in [0.25, 0.3) is 0 Å². The molecule has 2 N–H and O–H groups in total. The minimum absolute atomic E-state index is 0.116. The normalized spacial score (nSPS) is 15.8. The van der Waals surface area contributed by atoms with Crippen LogP contribution in [0.1, 0.15) is 62.5 Å².